The first-order chi connectivity index (χ1) is 11.5. The standard InChI is InChI=1S/C16H20N4O4/c1-11-13(15(22)18-16(23)17-11)9-14(21)20-6-4-19(5-7-20)10-12-3-2-8-24-12/h2-3,8H,4-7,9-10H2,1H3,(H2,17,18,22,23). The normalized spacial score (nSPS) is 15.6. The molecule has 2 N–H and O–H groups in total. The van der Waals surface area contributed by atoms with Crippen molar-refractivity contribution in [1.29, 1.82) is 0 Å². The molecule has 0 saturated carbocycles. The molecule has 0 aliphatic carbocycles. The Bertz CT molecular complexity index is 813. The summed E-state index contributed by atoms with van der Waals surface area (Å²) < 4.78 is 5.34. The molecular weight excluding hydrogens is 312 g/mol. The zero-order valence-electron chi connectivity index (χ0n) is 13.5. The van der Waals surface area contributed by atoms with E-state index in [1.165, 1.54) is 0 Å². The molecule has 1 fully saturated rings. The Hall–Kier alpha value is -2.61. The molecule has 1 aliphatic heterocycles. The third-order valence-corrected chi connectivity index (χ3v) is 4.27. The molecule has 8 nitrogen and oxygen atoms in total. The predicted molar refractivity (Wildman–Crippen MR) is 86.7 cm³/mol. The van der Waals surface area contributed by atoms with Crippen LogP contribution in [-0.4, -0.2) is 51.9 Å². The van der Waals surface area contributed by atoms with Crippen LogP contribution in [0.15, 0.2) is 32.4 Å². The number of rotatable bonds is 4. The van der Waals surface area contributed by atoms with Crippen molar-refractivity contribution in [3.8, 4) is 0 Å². The van der Waals surface area contributed by atoms with Crippen LogP contribution in [0.3, 0.4) is 0 Å². The van der Waals surface area contributed by atoms with Crippen molar-refractivity contribution in [1.82, 2.24) is 19.8 Å². The lowest BCUT2D eigenvalue weighted by molar-refractivity contribution is -0.132. The van der Waals surface area contributed by atoms with Crippen LogP contribution in [0.2, 0.25) is 0 Å². The highest BCUT2D eigenvalue weighted by atomic mass is 16.3. The average Bonchev–Trinajstić information content (AvgIpc) is 3.04. The number of piperazine rings is 1. The van der Waals surface area contributed by atoms with Gasteiger partial charge in [-0.05, 0) is 19.1 Å². The van der Waals surface area contributed by atoms with Crippen LogP contribution in [0.4, 0.5) is 0 Å². The fourth-order valence-electron chi connectivity index (χ4n) is 2.88. The summed E-state index contributed by atoms with van der Waals surface area (Å²) in [5.41, 5.74) is -0.299. The number of nitrogens with one attached hydrogen (secondary N) is 2. The Morgan fingerprint density at radius 2 is 1.96 bits per heavy atom. The van der Waals surface area contributed by atoms with E-state index >= 15 is 0 Å². The highest BCUT2D eigenvalue weighted by Crippen LogP contribution is 2.10. The summed E-state index contributed by atoms with van der Waals surface area (Å²) in [6.45, 7) is 5.09. The van der Waals surface area contributed by atoms with Crippen LogP contribution < -0.4 is 11.2 Å². The maximum Gasteiger partial charge on any atom is 0.325 e. The molecular formula is C16H20N4O4. The van der Waals surface area contributed by atoms with Crippen LogP contribution in [0.5, 0.6) is 0 Å². The smallest absolute Gasteiger partial charge is 0.325 e. The lowest BCUT2D eigenvalue weighted by atomic mass is 10.1. The second-order valence-corrected chi connectivity index (χ2v) is 5.92. The van der Waals surface area contributed by atoms with Gasteiger partial charge in [0.2, 0.25) is 5.91 Å². The van der Waals surface area contributed by atoms with Crippen molar-refractivity contribution in [2.45, 2.75) is 19.9 Å². The number of amides is 1. The SMILES string of the molecule is Cc1[nH]c(=O)[nH]c(=O)c1CC(=O)N1CCN(Cc2ccco2)CC1. The Kier molecular flexibility index (Phi) is 4.66. The Morgan fingerprint density at radius 3 is 2.58 bits per heavy atom. The average molecular weight is 332 g/mol. The number of carbonyl (C=O) groups excluding carboxylic acids is 1. The van der Waals surface area contributed by atoms with E-state index in [1.54, 1.807) is 18.1 Å². The zero-order chi connectivity index (χ0) is 17.1. The summed E-state index contributed by atoms with van der Waals surface area (Å²) in [5.74, 6) is 0.804. The van der Waals surface area contributed by atoms with Crippen molar-refractivity contribution >= 4 is 5.91 Å². The van der Waals surface area contributed by atoms with Crippen LogP contribution >= 0.6 is 0 Å². The summed E-state index contributed by atoms with van der Waals surface area (Å²) in [6, 6.07) is 3.79. The molecule has 8 heteroatoms. The Morgan fingerprint density at radius 1 is 1.21 bits per heavy atom. The van der Waals surface area contributed by atoms with Gasteiger partial charge in [0.05, 0.1) is 19.2 Å². The fraction of sp³-hybridized carbons (Fsp3) is 0.438. The molecule has 1 amide bonds. The first-order valence-corrected chi connectivity index (χ1v) is 7.87. The lowest BCUT2D eigenvalue weighted by Gasteiger charge is -2.34. The molecule has 24 heavy (non-hydrogen) atoms. The minimum Gasteiger partial charge on any atom is -0.468 e. The van der Waals surface area contributed by atoms with Gasteiger partial charge in [0.1, 0.15) is 5.76 Å². The maximum absolute atomic E-state index is 12.4. The first kappa shape index (κ1) is 16.3. The molecule has 2 aromatic rings. The summed E-state index contributed by atoms with van der Waals surface area (Å²) in [5, 5.41) is 0. The van der Waals surface area contributed by atoms with Gasteiger partial charge in [0.15, 0.2) is 0 Å². The monoisotopic (exact) mass is 332 g/mol. The van der Waals surface area contributed by atoms with Gasteiger partial charge in [-0.15, -0.1) is 0 Å². The molecule has 3 heterocycles. The molecule has 1 aliphatic rings. The Balaban J connectivity index is 1.58. The van der Waals surface area contributed by atoms with Gasteiger partial charge in [0.25, 0.3) is 5.56 Å². The maximum atomic E-state index is 12.4. The van der Waals surface area contributed by atoms with Crippen LogP contribution in [0.25, 0.3) is 0 Å². The number of aromatic nitrogens is 2. The van der Waals surface area contributed by atoms with E-state index < -0.39 is 11.2 Å². The fourth-order valence-corrected chi connectivity index (χ4v) is 2.88. The summed E-state index contributed by atoms with van der Waals surface area (Å²) in [7, 11) is 0. The number of hydrogen-bond acceptors (Lipinski definition) is 5. The number of H-pyrrole nitrogens is 2. The first-order valence-electron chi connectivity index (χ1n) is 7.87. The third kappa shape index (κ3) is 3.65. The van der Waals surface area contributed by atoms with Crippen LogP contribution in [0.1, 0.15) is 17.0 Å². The van der Waals surface area contributed by atoms with E-state index in [1.807, 2.05) is 12.1 Å². The number of aryl methyl sites for hydroxylation is 1. The summed E-state index contributed by atoms with van der Waals surface area (Å²) in [4.78, 5) is 44.1. The van der Waals surface area contributed by atoms with Crippen molar-refractivity contribution in [2.24, 2.45) is 0 Å². The summed E-state index contributed by atoms with van der Waals surface area (Å²) >= 11 is 0. The van der Waals surface area contributed by atoms with Gasteiger partial charge < -0.3 is 14.3 Å². The second kappa shape index (κ2) is 6.88. The van der Waals surface area contributed by atoms with Gasteiger partial charge in [-0.3, -0.25) is 19.5 Å². The van der Waals surface area contributed by atoms with Crippen molar-refractivity contribution in [2.75, 3.05) is 26.2 Å². The van der Waals surface area contributed by atoms with Gasteiger partial charge in [-0.2, -0.15) is 0 Å². The lowest BCUT2D eigenvalue weighted by Crippen LogP contribution is -2.49. The van der Waals surface area contributed by atoms with E-state index in [-0.39, 0.29) is 12.3 Å². The molecule has 128 valence electrons. The molecule has 2 aromatic heterocycles. The highest BCUT2D eigenvalue weighted by molar-refractivity contribution is 5.79. The predicted octanol–water partition coefficient (Wildman–Crippen LogP) is -0.148. The number of nitrogens with zero attached hydrogens (tertiary/aromatic N) is 2. The number of furan rings is 1. The molecule has 3 rings (SSSR count). The molecule has 0 bridgehead atoms. The molecule has 0 spiro atoms. The topological polar surface area (TPSA) is 102 Å². The number of aromatic amines is 2. The molecule has 0 aromatic carbocycles. The van der Waals surface area contributed by atoms with E-state index in [0.29, 0.717) is 24.3 Å². The number of hydrogen-bond donors (Lipinski definition) is 2. The van der Waals surface area contributed by atoms with Gasteiger partial charge in [0, 0.05) is 37.4 Å². The van der Waals surface area contributed by atoms with Crippen molar-refractivity contribution in [3.63, 3.8) is 0 Å². The molecule has 0 atom stereocenters. The highest BCUT2D eigenvalue weighted by Gasteiger charge is 2.23. The summed E-state index contributed by atoms with van der Waals surface area (Å²) in [6.07, 6.45) is 1.65. The quantitative estimate of drug-likeness (QED) is 0.811. The third-order valence-electron chi connectivity index (χ3n) is 4.27. The largest absolute Gasteiger partial charge is 0.468 e. The molecule has 0 radical (unpaired) electrons. The Labute approximate surface area is 138 Å². The van der Waals surface area contributed by atoms with E-state index in [0.717, 1.165) is 25.4 Å². The van der Waals surface area contributed by atoms with E-state index in [2.05, 4.69) is 14.9 Å². The number of carbonyl (C=O) groups is 1. The van der Waals surface area contributed by atoms with Crippen molar-refractivity contribution < 1.29 is 9.21 Å². The van der Waals surface area contributed by atoms with Gasteiger partial charge in [-0.25, -0.2) is 4.79 Å². The van der Waals surface area contributed by atoms with E-state index in [9.17, 15) is 14.4 Å². The van der Waals surface area contributed by atoms with Gasteiger partial charge in [-0.1, -0.05) is 0 Å². The minimum atomic E-state index is -0.555. The minimum absolute atomic E-state index is 0.00384. The van der Waals surface area contributed by atoms with Crippen LogP contribution in [0, 0.1) is 6.92 Å². The molecule has 0 unspecified atom stereocenters. The second-order valence-electron chi connectivity index (χ2n) is 5.92. The van der Waals surface area contributed by atoms with E-state index in [4.69, 9.17) is 4.42 Å². The van der Waals surface area contributed by atoms with Crippen LogP contribution in [-0.2, 0) is 17.8 Å². The zero-order valence-corrected chi connectivity index (χ0v) is 13.5. The molecule has 1 saturated heterocycles. The van der Waals surface area contributed by atoms with Gasteiger partial charge >= 0.3 is 5.69 Å². The van der Waals surface area contributed by atoms with Crippen molar-refractivity contribution in [3.05, 3.63) is 56.3 Å².